The Morgan fingerprint density at radius 2 is 1.85 bits per heavy atom. The van der Waals surface area contributed by atoms with Crippen molar-refractivity contribution in [3.8, 4) is 11.3 Å². The third kappa shape index (κ3) is 5.89. The average Bonchev–Trinajstić information content (AvgIpc) is 3.51. The number of H-pyrrole nitrogens is 1. The third-order valence-electron chi connectivity index (χ3n) is 6.06. The first-order valence-corrected chi connectivity index (χ1v) is 12.9. The summed E-state index contributed by atoms with van der Waals surface area (Å²) < 4.78 is 28.2. The van der Waals surface area contributed by atoms with Crippen molar-refractivity contribution in [3.63, 3.8) is 0 Å². The Bertz CT molecular complexity index is 1190. The zero-order valence-corrected chi connectivity index (χ0v) is 19.6. The quantitative estimate of drug-likeness (QED) is 0.498. The standard InChI is InChI=1S/C25H30N4O3S/c1-29(16-8-14-22-18-24(27-26-22)19-9-3-2-4-10-19)25(30)20-11-7-15-23(17-20)33(31,32)28-21-12-5-6-13-21/h2-4,7,9-11,15,17-18,21,28H,5-6,8,12-14,16H2,1H3,(H,26,27). The summed E-state index contributed by atoms with van der Waals surface area (Å²) in [6, 6.07) is 18.3. The molecule has 1 aliphatic carbocycles. The number of aryl methyl sites for hydroxylation is 1. The molecule has 0 atom stereocenters. The van der Waals surface area contributed by atoms with Crippen LogP contribution in [0.15, 0.2) is 65.6 Å². The normalized spacial score (nSPS) is 14.5. The molecule has 1 heterocycles. The highest BCUT2D eigenvalue weighted by molar-refractivity contribution is 7.89. The fourth-order valence-electron chi connectivity index (χ4n) is 4.20. The van der Waals surface area contributed by atoms with E-state index in [0.29, 0.717) is 12.1 Å². The second-order valence-corrected chi connectivity index (χ2v) is 10.3. The Labute approximate surface area is 195 Å². The number of rotatable bonds is 9. The van der Waals surface area contributed by atoms with Crippen LogP contribution in [0.1, 0.15) is 48.2 Å². The minimum atomic E-state index is -3.63. The molecule has 0 aliphatic heterocycles. The van der Waals surface area contributed by atoms with Gasteiger partial charge in [0.1, 0.15) is 0 Å². The molecule has 33 heavy (non-hydrogen) atoms. The van der Waals surface area contributed by atoms with Crippen LogP contribution in [-0.2, 0) is 16.4 Å². The van der Waals surface area contributed by atoms with Crippen LogP contribution in [0.2, 0.25) is 0 Å². The molecule has 1 fully saturated rings. The first kappa shape index (κ1) is 23.2. The van der Waals surface area contributed by atoms with E-state index in [-0.39, 0.29) is 16.8 Å². The summed E-state index contributed by atoms with van der Waals surface area (Å²) in [7, 11) is -1.89. The Kier molecular flexibility index (Phi) is 7.25. The fraction of sp³-hybridized carbons (Fsp3) is 0.360. The van der Waals surface area contributed by atoms with Gasteiger partial charge in [-0.3, -0.25) is 9.89 Å². The maximum atomic E-state index is 12.9. The molecule has 8 heteroatoms. The summed E-state index contributed by atoms with van der Waals surface area (Å²) in [4.78, 5) is 14.7. The minimum absolute atomic E-state index is 0.0121. The minimum Gasteiger partial charge on any atom is -0.342 e. The number of aromatic amines is 1. The average molecular weight is 467 g/mol. The van der Waals surface area contributed by atoms with Gasteiger partial charge in [-0.05, 0) is 49.9 Å². The largest absolute Gasteiger partial charge is 0.342 e. The summed E-state index contributed by atoms with van der Waals surface area (Å²) in [5, 5.41) is 7.43. The Hall–Kier alpha value is -2.97. The van der Waals surface area contributed by atoms with Gasteiger partial charge in [-0.15, -0.1) is 0 Å². The van der Waals surface area contributed by atoms with Crippen molar-refractivity contribution < 1.29 is 13.2 Å². The van der Waals surface area contributed by atoms with Crippen LogP contribution in [0, 0.1) is 0 Å². The summed E-state index contributed by atoms with van der Waals surface area (Å²) in [6.07, 6.45) is 5.34. The van der Waals surface area contributed by atoms with Gasteiger partial charge in [0.15, 0.2) is 0 Å². The maximum Gasteiger partial charge on any atom is 0.253 e. The molecule has 2 N–H and O–H groups in total. The molecule has 4 rings (SSSR count). The molecule has 7 nitrogen and oxygen atoms in total. The van der Waals surface area contributed by atoms with Crippen LogP contribution in [0.25, 0.3) is 11.3 Å². The Balaban J connectivity index is 1.33. The molecular formula is C25H30N4O3S. The molecule has 0 radical (unpaired) electrons. The van der Waals surface area contributed by atoms with E-state index in [4.69, 9.17) is 0 Å². The molecule has 1 saturated carbocycles. The van der Waals surface area contributed by atoms with E-state index in [1.165, 1.54) is 12.1 Å². The highest BCUT2D eigenvalue weighted by Crippen LogP contribution is 2.21. The van der Waals surface area contributed by atoms with E-state index in [2.05, 4.69) is 14.9 Å². The summed E-state index contributed by atoms with van der Waals surface area (Å²) in [5.74, 6) is -0.192. The maximum absolute atomic E-state index is 12.9. The number of amides is 1. The Morgan fingerprint density at radius 1 is 1.09 bits per heavy atom. The number of carbonyl (C=O) groups is 1. The van der Waals surface area contributed by atoms with Crippen LogP contribution in [0.4, 0.5) is 0 Å². The number of aromatic nitrogens is 2. The summed E-state index contributed by atoms with van der Waals surface area (Å²) in [6.45, 7) is 0.551. The highest BCUT2D eigenvalue weighted by atomic mass is 32.2. The third-order valence-corrected chi connectivity index (χ3v) is 7.57. The van der Waals surface area contributed by atoms with E-state index >= 15 is 0 Å². The van der Waals surface area contributed by atoms with Gasteiger partial charge < -0.3 is 4.90 Å². The van der Waals surface area contributed by atoms with E-state index < -0.39 is 10.0 Å². The van der Waals surface area contributed by atoms with Crippen LogP contribution >= 0.6 is 0 Å². The zero-order valence-electron chi connectivity index (χ0n) is 18.8. The molecule has 2 aromatic carbocycles. The van der Waals surface area contributed by atoms with Gasteiger partial charge in [0.2, 0.25) is 10.0 Å². The van der Waals surface area contributed by atoms with Crippen molar-refractivity contribution in [2.75, 3.05) is 13.6 Å². The van der Waals surface area contributed by atoms with Gasteiger partial charge in [0.05, 0.1) is 10.6 Å². The predicted molar refractivity (Wildman–Crippen MR) is 128 cm³/mol. The smallest absolute Gasteiger partial charge is 0.253 e. The molecule has 1 amide bonds. The summed E-state index contributed by atoms with van der Waals surface area (Å²) in [5.41, 5.74) is 3.35. The number of carbonyl (C=O) groups excluding carboxylic acids is 1. The van der Waals surface area contributed by atoms with Gasteiger partial charge in [0, 0.05) is 36.5 Å². The van der Waals surface area contributed by atoms with Gasteiger partial charge >= 0.3 is 0 Å². The van der Waals surface area contributed by atoms with E-state index in [0.717, 1.165) is 55.5 Å². The van der Waals surface area contributed by atoms with Gasteiger partial charge in [-0.25, -0.2) is 13.1 Å². The van der Waals surface area contributed by atoms with Crippen LogP contribution in [0.5, 0.6) is 0 Å². The lowest BCUT2D eigenvalue weighted by molar-refractivity contribution is 0.0793. The predicted octanol–water partition coefficient (Wildman–Crippen LogP) is 4.00. The van der Waals surface area contributed by atoms with E-state index in [1.807, 2.05) is 36.4 Å². The molecule has 3 aromatic rings. The zero-order chi connectivity index (χ0) is 23.3. The fourth-order valence-corrected chi connectivity index (χ4v) is 5.55. The number of hydrogen-bond donors (Lipinski definition) is 2. The van der Waals surface area contributed by atoms with Crippen LogP contribution < -0.4 is 4.72 Å². The second-order valence-electron chi connectivity index (χ2n) is 8.61. The first-order valence-electron chi connectivity index (χ1n) is 11.4. The molecule has 0 unspecified atom stereocenters. The van der Waals surface area contributed by atoms with Crippen molar-refractivity contribution in [1.82, 2.24) is 19.8 Å². The van der Waals surface area contributed by atoms with E-state index in [9.17, 15) is 13.2 Å². The Morgan fingerprint density at radius 3 is 2.61 bits per heavy atom. The van der Waals surface area contributed by atoms with Crippen LogP contribution in [0.3, 0.4) is 0 Å². The SMILES string of the molecule is CN(CCCc1cc(-c2ccccc2)n[nH]1)C(=O)c1cccc(S(=O)(=O)NC2CCCC2)c1. The molecule has 1 aromatic heterocycles. The number of benzene rings is 2. The molecule has 1 aliphatic rings. The lowest BCUT2D eigenvalue weighted by Crippen LogP contribution is -2.33. The van der Waals surface area contributed by atoms with Crippen molar-refractivity contribution in [3.05, 3.63) is 71.9 Å². The number of hydrogen-bond acceptors (Lipinski definition) is 4. The molecular weight excluding hydrogens is 436 g/mol. The topological polar surface area (TPSA) is 95.2 Å². The molecule has 0 spiro atoms. The monoisotopic (exact) mass is 466 g/mol. The molecule has 0 bridgehead atoms. The van der Waals surface area contributed by atoms with Gasteiger partial charge in [-0.2, -0.15) is 5.10 Å². The molecule has 174 valence electrons. The number of sulfonamides is 1. The number of nitrogens with one attached hydrogen (secondary N) is 2. The summed E-state index contributed by atoms with van der Waals surface area (Å²) >= 11 is 0. The van der Waals surface area contributed by atoms with Crippen molar-refractivity contribution >= 4 is 15.9 Å². The lowest BCUT2D eigenvalue weighted by Gasteiger charge is -2.18. The van der Waals surface area contributed by atoms with Gasteiger partial charge in [0.25, 0.3) is 5.91 Å². The molecule has 0 saturated heterocycles. The van der Waals surface area contributed by atoms with Crippen molar-refractivity contribution in [2.45, 2.75) is 49.5 Å². The highest BCUT2D eigenvalue weighted by Gasteiger charge is 2.24. The van der Waals surface area contributed by atoms with Crippen molar-refractivity contribution in [1.29, 1.82) is 0 Å². The van der Waals surface area contributed by atoms with Gasteiger partial charge in [-0.1, -0.05) is 49.2 Å². The second kappa shape index (κ2) is 10.3. The number of nitrogens with zero attached hydrogens (tertiary/aromatic N) is 2. The lowest BCUT2D eigenvalue weighted by atomic mass is 10.1. The van der Waals surface area contributed by atoms with Crippen LogP contribution in [-0.4, -0.2) is 49.1 Å². The van der Waals surface area contributed by atoms with E-state index in [1.54, 1.807) is 24.1 Å². The first-order chi connectivity index (χ1) is 15.9. The van der Waals surface area contributed by atoms with Crippen molar-refractivity contribution in [2.24, 2.45) is 0 Å².